The third kappa shape index (κ3) is 16.4. The summed E-state index contributed by atoms with van der Waals surface area (Å²) in [4.78, 5) is 0. The average Bonchev–Trinajstić information content (AvgIpc) is 3.28. The normalized spacial score (nSPS) is 31.3. The minimum atomic E-state index is -0.475. The van der Waals surface area contributed by atoms with Crippen LogP contribution in [0.2, 0.25) is 0 Å². The monoisotopic (exact) mass is 616 g/mol. The van der Waals surface area contributed by atoms with Gasteiger partial charge < -0.3 is 19.1 Å². The van der Waals surface area contributed by atoms with Crippen molar-refractivity contribution in [3.05, 3.63) is 0 Å². The van der Waals surface area contributed by atoms with Gasteiger partial charge in [-0.25, -0.2) is 0 Å². The lowest BCUT2D eigenvalue weighted by Crippen LogP contribution is -2.28. The van der Waals surface area contributed by atoms with Crippen molar-refractivity contribution in [1.29, 1.82) is 0 Å². The SMILES string of the molecule is CC[C@H]1O[C@@H](C)C(C)[C@H]1O.CC[C@H]1O[C@@H](C)C(C)[C@H]1OP(C)N(C)C.CN(C)P(C)C.CN(C)P(C)N(C)C. The molecule has 9 atom stereocenters. The molecule has 2 aliphatic heterocycles. The summed E-state index contributed by atoms with van der Waals surface area (Å²) >= 11 is 0. The number of hydrogen-bond acceptors (Lipinski definition) is 8. The van der Waals surface area contributed by atoms with Gasteiger partial charge in [-0.1, -0.05) is 27.7 Å². The quantitative estimate of drug-likeness (QED) is 0.326. The Kier molecular flexibility index (Phi) is 23.3. The van der Waals surface area contributed by atoms with E-state index in [1.807, 2.05) is 20.8 Å². The van der Waals surface area contributed by atoms with Crippen molar-refractivity contribution in [2.24, 2.45) is 11.8 Å². The van der Waals surface area contributed by atoms with Crippen LogP contribution in [-0.2, 0) is 14.0 Å². The van der Waals surface area contributed by atoms with Gasteiger partial charge >= 0.3 is 0 Å². The van der Waals surface area contributed by atoms with Crippen molar-refractivity contribution in [3.8, 4) is 0 Å². The second-order valence-corrected chi connectivity index (χ2v) is 18.6. The smallest absolute Gasteiger partial charge is 0.101 e. The third-order valence-electron chi connectivity index (χ3n) is 7.66. The molecule has 2 aliphatic rings. The van der Waals surface area contributed by atoms with Crippen molar-refractivity contribution in [2.75, 3.05) is 83.0 Å². The number of ether oxygens (including phenoxy) is 2. The topological polar surface area (TPSA) is 60.9 Å². The van der Waals surface area contributed by atoms with E-state index < -0.39 is 8.30 Å². The van der Waals surface area contributed by atoms with Gasteiger partial charge in [0.2, 0.25) is 0 Å². The van der Waals surface area contributed by atoms with Crippen LogP contribution in [-0.4, -0.2) is 143 Å². The van der Waals surface area contributed by atoms with Gasteiger partial charge in [0.25, 0.3) is 0 Å². The molecule has 0 aromatic carbocycles. The van der Waals surface area contributed by atoms with Crippen molar-refractivity contribution in [2.45, 2.75) is 91.0 Å². The van der Waals surface area contributed by atoms with E-state index in [4.69, 9.17) is 14.0 Å². The predicted molar refractivity (Wildman–Crippen MR) is 178 cm³/mol. The van der Waals surface area contributed by atoms with Crippen LogP contribution in [0.25, 0.3) is 0 Å². The molecular formula is C28H67N4O4P3. The highest BCUT2D eigenvalue weighted by Gasteiger charge is 2.40. The molecule has 2 fully saturated rings. The van der Waals surface area contributed by atoms with Crippen LogP contribution in [0.1, 0.15) is 54.4 Å². The van der Waals surface area contributed by atoms with E-state index in [1.54, 1.807) is 0 Å². The lowest BCUT2D eigenvalue weighted by Gasteiger charge is -2.27. The molecule has 0 spiro atoms. The van der Waals surface area contributed by atoms with Crippen LogP contribution < -0.4 is 0 Å². The van der Waals surface area contributed by atoms with Crippen LogP contribution in [0.15, 0.2) is 0 Å². The fraction of sp³-hybridized carbons (Fsp3) is 1.00. The van der Waals surface area contributed by atoms with Gasteiger partial charge in [-0.3, -0.25) is 18.7 Å². The minimum absolute atomic E-state index is 0.0319. The molecule has 39 heavy (non-hydrogen) atoms. The molecule has 238 valence electrons. The van der Waals surface area contributed by atoms with E-state index in [9.17, 15) is 5.11 Å². The fourth-order valence-corrected chi connectivity index (χ4v) is 5.22. The van der Waals surface area contributed by atoms with E-state index in [0.29, 0.717) is 17.9 Å². The molecule has 1 N–H and O–H groups in total. The Labute approximate surface area is 248 Å². The first-order chi connectivity index (χ1) is 17.8. The van der Waals surface area contributed by atoms with Crippen LogP contribution in [0.5, 0.6) is 0 Å². The van der Waals surface area contributed by atoms with Gasteiger partial charge in [-0.2, -0.15) is 0 Å². The minimum Gasteiger partial charge on any atom is -0.390 e. The molecule has 0 aromatic rings. The molecule has 11 heteroatoms. The van der Waals surface area contributed by atoms with E-state index >= 15 is 0 Å². The molecule has 3 unspecified atom stereocenters. The lowest BCUT2D eigenvalue weighted by molar-refractivity contribution is 0.0144. The third-order valence-corrected chi connectivity index (χ3v) is 13.3. The first-order valence-corrected chi connectivity index (χ1v) is 19.9. The maximum atomic E-state index is 9.50. The second-order valence-electron chi connectivity index (χ2n) is 11.5. The van der Waals surface area contributed by atoms with E-state index in [0.717, 1.165) is 12.8 Å². The molecule has 0 radical (unpaired) electrons. The van der Waals surface area contributed by atoms with Crippen molar-refractivity contribution in [1.82, 2.24) is 18.7 Å². The highest BCUT2D eigenvalue weighted by atomic mass is 31.2. The molecular weight excluding hydrogens is 549 g/mol. The first-order valence-electron chi connectivity index (χ1n) is 14.3. The number of hydrogen-bond donors (Lipinski definition) is 1. The zero-order valence-electron chi connectivity index (χ0n) is 28.8. The number of nitrogens with zero attached hydrogens (tertiary/aromatic N) is 4. The number of aliphatic hydroxyl groups is 1. The Hall–Kier alpha value is 0.970. The van der Waals surface area contributed by atoms with Gasteiger partial charge in [0.15, 0.2) is 0 Å². The van der Waals surface area contributed by atoms with Crippen LogP contribution >= 0.6 is 24.6 Å². The number of aliphatic hydroxyl groups excluding tert-OH is 1. The molecule has 0 aromatic heterocycles. The highest BCUT2D eigenvalue weighted by molar-refractivity contribution is 7.53. The van der Waals surface area contributed by atoms with Gasteiger partial charge in [-0.15, -0.1) is 0 Å². The maximum Gasteiger partial charge on any atom is 0.101 e. The molecule has 0 bridgehead atoms. The van der Waals surface area contributed by atoms with Crippen molar-refractivity contribution in [3.63, 3.8) is 0 Å². The van der Waals surface area contributed by atoms with Gasteiger partial charge in [0.1, 0.15) is 8.30 Å². The molecule has 2 saturated heterocycles. The standard InChI is InChI=1S/C11H24NO2P.C8H16O2.C5H15N2P.C4H12NP/c1-7-10-11(8(2)9(3)13-10)14-15(6)12(4)5;1-4-7-8(9)5(2)6(3)10-7;1-6(2)8(5)7(3)4;1-5(2)6(3)4/h8-11H,7H2,1-6H3;5-9H,4H2,1-3H3;1-5H3;1-4H3/t8?,9-,10+,11+,15?;5?,6-,7+,8+;;/m00../s1. The number of rotatable bonds is 8. The van der Waals surface area contributed by atoms with E-state index in [2.05, 4.69) is 122 Å². The Morgan fingerprint density at radius 3 is 1.26 bits per heavy atom. The molecule has 2 heterocycles. The van der Waals surface area contributed by atoms with Gasteiger partial charge in [0.05, 0.1) is 36.6 Å². The molecule has 0 amide bonds. The van der Waals surface area contributed by atoms with Crippen LogP contribution in [0.3, 0.4) is 0 Å². The summed E-state index contributed by atoms with van der Waals surface area (Å²) in [5.74, 6) is 0.796. The Morgan fingerprint density at radius 1 is 0.641 bits per heavy atom. The average molecular weight is 617 g/mol. The molecule has 0 saturated carbocycles. The van der Waals surface area contributed by atoms with Crippen LogP contribution in [0.4, 0.5) is 0 Å². The summed E-state index contributed by atoms with van der Waals surface area (Å²) in [5, 5.41) is 9.50. The Bertz CT molecular complexity index is 591. The summed E-state index contributed by atoms with van der Waals surface area (Å²) in [5.41, 5.74) is 0. The summed E-state index contributed by atoms with van der Waals surface area (Å²) in [6.45, 7) is 21.5. The largest absolute Gasteiger partial charge is 0.390 e. The van der Waals surface area contributed by atoms with Crippen LogP contribution in [0, 0.1) is 11.8 Å². The lowest BCUT2D eigenvalue weighted by atomic mass is 9.98. The van der Waals surface area contributed by atoms with Gasteiger partial charge in [0, 0.05) is 20.1 Å². The second kappa shape index (κ2) is 21.6. The van der Waals surface area contributed by atoms with E-state index in [1.165, 1.54) is 0 Å². The summed E-state index contributed by atoms with van der Waals surface area (Å²) in [6.07, 6.45) is 2.87. The fourth-order valence-electron chi connectivity index (χ4n) is 3.64. The zero-order valence-corrected chi connectivity index (χ0v) is 31.5. The van der Waals surface area contributed by atoms with Crippen molar-refractivity contribution < 1.29 is 19.1 Å². The molecule has 0 aliphatic carbocycles. The Morgan fingerprint density at radius 2 is 1.03 bits per heavy atom. The van der Waals surface area contributed by atoms with Gasteiger partial charge in [-0.05, 0) is 118 Å². The molecule has 2 rings (SSSR count). The maximum absolute atomic E-state index is 9.50. The highest BCUT2D eigenvalue weighted by Crippen LogP contribution is 2.42. The summed E-state index contributed by atoms with van der Waals surface area (Å²) in [7, 11) is 16.4. The first kappa shape index (κ1) is 42.1. The zero-order chi connectivity index (χ0) is 31.2. The van der Waals surface area contributed by atoms with Crippen molar-refractivity contribution >= 4 is 24.6 Å². The summed E-state index contributed by atoms with van der Waals surface area (Å²) in [6, 6.07) is 0. The Balaban J connectivity index is 0. The summed E-state index contributed by atoms with van der Waals surface area (Å²) < 4.78 is 26.3. The van der Waals surface area contributed by atoms with E-state index in [-0.39, 0.29) is 46.8 Å². The molecule has 8 nitrogen and oxygen atoms in total. The predicted octanol–water partition coefficient (Wildman–Crippen LogP) is 6.14.